The number of rotatable bonds is 4. The highest BCUT2D eigenvalue weighted by Crippen LogP contribution is 2.19. The lowest BCUT2D eigenvalue weighted by Crippen LogP contribution is -2.02. The summed E-state index contributed by atoms with van der Waals surface area (Å²) in [6.45, 7) is 1.57. The van der Waals surface area contributed by atoms with Gasteiger partial charge in [0.25, 0.3) is 0 Å². The molecule has 0 amide bonds. The second-order valence-corrected chi connectivity index (χ2v) is 3.40. The maximum atomic E-state index is 11.1. The fourth-order valence-corrected chi connectivity index (χ4v) is 1.40. The molecule has 88 valence electrons. The Kier molecular flexibility index (Phi) is 4.22. The van der Waals surface area contributed by atoms with Gasteiger partial charge in [0.15, 0.2) is 0 Å². The third-order valence-electron chi connectivity index (χ3n) is 2.15. The van der Waals surface area contributed by atoms with Gasteiger partial charge in [0, 0.05) is 6.08 Å². The Bertz CT molecular complexity index is 483. The lowest BCUT2D eigenvalue weighted by molar-refractivity contribution is -0.132. The molecule has 1 aromatic rings. The minimum Gasteiger partial charge on any atom is -0.478 e. The average Bonchev–Trinajstić information content (AvgIpc) is 2.27. The van der Waals surface area contributed by atoms with Crippen LogP contribution in [0, 0.1) is 0 Å². The summed E-state index contributed by atoms with van der Waals surface area (Å²) >= 11 is 0. The SMILES string of the molecule is CC(C=CC(=O)O)=C(C(=O)O)c1ccccc1. The Morgan fingerprint density at radius 3 is 2.12 bits per heavy atom. The Morgan fingerprint density at radius 2 is 1.65 bits per heavy atom. The maximum Gasteiger partial charge on any atom is 0.336 e. The predicted octanol–water partition coefficient (Wildman–Crippen LogP) is 2.19. The van der Waals surface area contributed by atoms with E-state index in [9.17, 15) is 9.59 Å². The van der Waals surface area contributed by atoms with Crippen molar-refractivity contribution in [2.45, 2.75) is 6.92 Å². The minimum absolute atomic E-state index is 0.100. The van der Waals surface area contributed by atoms with Crippen molar-refractivity contribution in [2.75, 3.05) is 0 Å². The first-order valence-electron chi connectivity index (χ1n) is 4.93. The van der Waals surface area contributed by atoms with Gasteiger partial charge in [0.2, 0.25) is 0 Å². The van der Waals surface area contributed by atoms with Crippen molar-refractivity contribution in [1.29, 1.82) is 0 Å². The summed E-state index contributed by atoms with van der Waals surface area (Å²) in [5, 5.41) is 17.6. The van der Waals surface area contributed by atoms with Gasteiger partial charge in [-0.25, -0.2) is 9.59 Å². The predicted molar refractivity (Wildman–Crippen MR) is 63.4 cm³/mol. The van der Waals surface area contributed by atoms with Crippen LogP contribution in [0.2, 0.25) is 0 Å². The van der Waals surface area contributed by atoms with Crippen LogP contribution in [0.25, 0.3) is 5.57 Å². The number of carboxylic acids is 2. The zero-order valence-electron chi connectivity index (χ0n) is 9.25. The van der Waals surface area contributed by atoms with Crippen LogP contribution in [0.3, 0.4) is 0 Å². The van der Waals surface area contributed by atoms with Crippen LogP contribution in [0.1, 0.15) is 12.5 Å². The Labute approximate surface area is 98.5 Å². The van der Waals surface area contributed by atoms with Crippen molar-refractivity contribution >= 4 is 17.5 Å². The molecule has 0 fully saturated rings. The Balaban J connectivity index is 3.22. The number of hydrogen-bond donors (Lipinski definition) is 2. The first kappa shape index (κ1) is 12.7. The second kappa shape index (κ2) is 5.65. The third-order valence-corrected chi connectivity index (χ3v) is 2.15. The summed E-state index contributed by atoms with van der Waals surface area (Å²) < 4.78 is 0. The number of hydrogen-bond acceptors (Lipinski definition) is 2. The molecule has 0 aromatic heterocycles. The highest BCUT2D eigenvalue weighted by Gasteiger charge is 2.12. The molecule has 0 radical (unpaired) electrons. The minimum atomic E-state index is -1.11. The fraction of sp³-hybridized carbons (Fsp3) is 0.0769. The van der Waals surface area contributed by atoms with Crippen molar-refractivity contribution < 1.29 is 19.8 Å². The van der Waals surface area contributed by atoms with Crippen LogP contribution in [0.15, 0.2) is 48.1 Å². The number of carbonyl (C=O) groups is 2. The molecular weight excluding hydrogens is 220 g/mol. The summed E-state index contributed by atoms with van der Waals surface area (Å²) in [5.41, 5.74) is 1.04. The van der Waals surface area contributed by atoms with E-state index in [0.29, 0.717) is 11.1 Å². The molecule has 0 atom stereocenters. The van der Waals surface area contributed by atoms with Crippen molar-refractivity contribution in [3.63, 3.8) is 0 Å². The van der Waals surface area contributed by atoms with E-state index in [1.54, 1.807) is 37.3 Å². The number of allylic oxidation sites excluding steroid dienone is 2. The van der Waals surface area contributed by atoms with E-state index in [1.165, 1.54) is 6.08 Å². The maximum absolute atomic E-state index is 11.1. The Hall–Kier alpha value is -2.36. The molecule has 0 unspecified atom stereocenters. The van der Waals surface area contributed by atoms with Gasteiger partial charge in [-0.1, -0.05) is 36.4 Å². The summed E-state index contributed by atoms with van der Waals surface area (Å²) in [6, 6.07) is 8.58. The number of aliphatic carboxylic acids is 2. The van der Waals surface area contributed by atoms with Crippen LogP contribution in [0.4, 0.5) is 0 Å². The smallest absolute Gasteiger partial charge is 0.336 e. The van der Waals surface area contributed by atoms with E-state index in [-0.39, 0.29) is 5.57 Å². The topological polar surface area (TPSA) is 74.6 Å². The van der Waals surface area contributed by atoms with Gasteiger partial charge in [-0.2, -0.15) is 0 Å². The van der Waals surface area contributed by atoms with E-state index in [1.807, 2.05) is 0 Å². The van der Waals surface area contributed by atoms with E-state index in [4.69, 9.17) is 10.2 Å². The second-order valence-electron chi connectivity index (χ2n) is 3.40. The molecule has 0 heterocycles. The van der Waals surface area contributed by atoms with Gasteiger partial charge in [-0.3, -0.25) is 0 Å². The van der Waals surface area contributed by atoms with Gasteiger partial charge >= 0.3 is 11.9 Å². The summed E-state index contributed by atoms with van der Waals surface area (Å²) in [5.74, 6) is -2.19. The molecule has 0 spiro atoms. The van der Waals surface area contributed by atoms with Crippen molar-refractivity contribution in [3.05, 3.63) is 53.6 Å². The van der Waals surface area contributed by atoms with Crippen LogP contribution in [-0.4, -0.2) is 22.2 Å². The van der Waals surface area contributed by atoms with Gasteiger partial charge in [-0.15, -0.1) is 0 Å². The van der Waals surface area contributed by atoms with Gasteiger partial charge in [0.05, 0.1) is 5.57 Å². The summed E-state index contributed by atoms with van der Waals surface area (Å²) in [4.78, 5) is 21.5. The molecule has 0 aliphatic rings. The number of carboxylic acid groups (broad SMARTS) is 2. The standard InChI is InChI=1S/C13H12O4/c1-9(7-8-11(14)15)12(13(16)17)10-5-3-2-4-6-10/h2-8H,1H3,(H,14,15)(H,16,17). The van der Waals surface area contributed by atoms with E-state index >= 15 is 0 Å². The molecule has 0 bridgehead atoms. The highest BCUT2D eigenvalue weighted by atomic mass is 16.4. The summed E-state index contributed by atoms with van der Waals surface area (Å²) in [7, 11) is 0. The molecule has 0 saturated heterocycles. The summed E-state index contributed by atoms with van der Waals surface area (Å²) in [6.07, 6.45) is 2.19. The first-order chi connectivity index (χ1) is 8.02. The fourth-order valence-electron chi connectivity index (χ4n) is 1.40. The third kappa shape index (κ3) is 3.61. The molecule has 1 rings (SSSR count). The molecule has 0 aliphatic heterocycles. The van der Waals surface area contributed by atoms with Crippen LogP contribution in [0.5, 0.6) is 0 Å². The molecule has 2 N–H and O–H groups in total. The van der Waals surface area contributed by atoms with Crippen LogP contribution in [-0.2, 0) is 9.59 Å². The van der Waals surface area contributed by atoms with E-state index in [2.05, 4.69) is 0 Å². The van der Waals surface area contributed by atoms with Crippen LogP contribution < -0.4 is 0 Å². The van der Waals surface area contributed by atoms with Crippen molar-refractivity contribution in [2.24, 2.45) is 0 Å². The lowest BCUT2D eigenvalue weighted by atomic mass is 10.0. The first-order valence-corrected chi connectivity index (χ1v) is 4.93. The van der Waals surface area contributed by atoms with Crippen LogP contribution >= 0.6 is 0 Å². The largest absolute Gasteiger partial charge is 0.478 e. The molecular formula is C13H12O4. The molecule has 4 nitrogen and oxygen atoms in total. The highest BCUT2D eigenvalue weighted by molar-refractivity contribution is 6.16. The quantitative estimate of drug-likeness (QED) is 0.616. The van der Waals surface area contributed by atoms with E-state index < -0.39 is 11.9 Å². The number of benzene rings is 1. The zero-order valence-corrected chi connectivity index (χ0v) is 9.25. The van der Waals surface area contributed by atoms with E-state index in [0.717, 1.165) is 6.08 Å². The van der Waals surface area contributed by atoms with Crippen molar-refractivity contribution in [3.8, 4) is 0 Å². The molecule has 4 heteroatoms. The Morgan fingerprint density at radius 1 is 1.06 bits per heavy atom. The van der Waals surface area contributed by atoms with Gasteiger partial charge in [0.1, 0.15) is 0 Å². The normalized spacial score (nSPS) is 12.3. The molecule has 1 aromatic carbocycles. The molecule has 0 aliphatic carbocycles. The zero-order chi connectivity index (χ0) is 12.8. The molecule has 17 heavy (non-hydrogen) atoms. The van der Waals surface area contributed by atoms with Crippen molar-refractivity contribution in [1.82, 2.24) is 0 Å². The lowest BCUT2D eigenvalue weighted by Gasteiger charge is -2.05. The molecule has 0 saturated carbocycles. The van der Waals surface area contributed by atoms with Gasteiger partial charge < -0.3 is 10.2 Å². The monoisotopic (exact) mass is 232 g/mol. The average molecular weight is 232 g/mol. The van der Waals surface area contributed by atoms with Gasteiger partial charge in [-0.05, 0) is 18.1 Å².